The van der Waals surface area contributed by atoms with Crippen molar-refractivity contribution in [3.8, 4) is 5.75 Å². The maximum atomic E-state index is 13.6. The molecule has 0 bridgehead atoms. The molecule has 3 fully saturated rings. The van der Waals surface area contributed by atoms with Gasteiger partial charge in [0.2, 0.25) is 5.91 Å². The standard InChI is InChI=1S/C33H39ClFN3O4/c34-29-19-24(5-8-31(29)42-28-10-15-41-16-11-28)32(39)30(21-37-12-1-2-13-37)36-33(40)25-9-14-38(20-25)27-7-4-22-17-26(35)6-3-23(22)18-27/h3-8,17-19,25,28,30,32,39H,1-2,9-16,20-21H2,(H,36,40)/t25-,30-,32-/m1/s1. The Morgan fingerprint density at radius 3 is 2.57 bits per heavy atom. The van der Waals surface area contributed by atoms with Gasteiger partial charge in [-0.1, -0.05) is 29.8 Å². The Morgan fingerprint density at radius 1 is 1.02 bits per heavy atom. The Hall–Kier alpha value is -2.91. The van der Waals surface area contributed by atoms with Crippen molar-refractivity contribution in [1.29, 1.82) is 0 Å². The number of nitrogens with zero attached hydrogens (tertiary/aromatic N) is 2. The third-order valence-electron chi connectivity index (χ3n) is 8.83. The van der Waals surface area contributed by atoms with Crippen molar-refractivity contribution < 1.29 is 23.8 Å². The molecule has 3 aromatic carbocycles. The molecule has 2 N–H and O–H groups in total. The van der Waals surface area contributed by atoms with Gasteiger partial charge in [-0.05, 0) is 85.1 Å². The van der Waals surface area contributed by atoms with Gasteiger partial charge in [0.25, 0.3) is 0 Å². The van der Waals surface area contributed by atoms with Crippen molar-refractivity contribution >= 4 is 34.0 Å². The third-order valence-corrected chi connectivity index (χ3v) is 9.13. The summed E-state index contributed by atoms with van der Waals surface area (Å²) < 4.78 is 25.1. The highest BCUT2D eigenvalue weighted by atomic mass is 35.5. The molecule has 9 heteroatoms. The minimum absolute atomic E-state index is 0.0471. The topological polar surface area (TPSA) is 74.3 Å². The largest absolute Gasteiger partial charge is 0.489 e. The van der Waals surface area contributed by atoms with Gasteiger partial charge in [0.15, 0.2) is 0 Å². The second-order valence-electron chi connectivity index (χ2n) is 11.8. The van der Waals surface area contributed by atoms with Crippen LogP contribution in [0.4, 0.5) is 10.1 Å². The highest BCUT2D eigenvalue weighted by Gasteiger charge is 2.33. The number of aliphatic hydroxyl groups excluding tert-OH is 1. The van der Waals surface area contributed by atoms with Gasteiger partial charge >= 0.3 is 0 Å². The van der Waals surface area contributed by atoms with Crippen LogP contribution in [0.25, 0.3) is 10.8 Å². The summed E-state index contributed by atoms with van der Waals surface area (Å²) in [7, 11) is 0. The SMILES string of the molecule is O=C(N[C@H](CN1CCCC1)[C@H](O)c1ccc(OC2CCOCC2)c(Cl)c1)[C@@H]1CCN(c2ccc3cc(F)ccc3c2)C1. The van der Waals surface area contributed by atoms with Crippen molar-refractivity contribution in [2.75, 3.05) is 50.8 Å². The molecule has 0 spiro atoms. The first-order valence-electron chi connectivity index (χ1n) is 15.1. The van der Waals surface area contributed by atoms with Gasteiger partial charge in [0, 0.05) is 38.2 Å². The summed E-state index contributed by atoms with van der Waals surface area (Å²) in [6.07, 6.45) is 3.77. The average molecular weight is 596 g/mol. The molecule has 3 aliphatic rings. The lowest BCUT2D eigenvalue weighted by molar-refractivity contribution is -0.126. The maximum absolute atomic E-state index is 13.6. The van der Waals surface area contributed by atoms with Crippen LogP contribution < -0.4 is 15.0 Å². The van der Waals surface area contributed by atoms with Gasteiger partial charge in [-0.3, -0.25) is 4.79 Å². The second-order valence-corrected chi connectivity index (χ2v) is 12.2. The van der Waals surface area contributed by atoms with Gasteiger partial charge in [-0.2, -0.15) is 0 Å². The Kier molecular flexibility index (Phi) is 9.14. The summed E-state index contributed by atoms with van der Waals surface area (Å²) >= 11 is 6.61. The van der Waals surface area contributed by atoms with Crippen LogP contribution in [0.1, 0.15) is 43.8 Å². The van der Waals surface area contributed by atoms with Crippen LogP contribution in [0.2, 0.25) is 5.02 Å². The Labute approximate surface area is 251 Å². The maximum Gasteiger partial charge on any atom is 0.225 e. The number of nitrogens with one attached hydrogen (secondary N) is 1. The Balaban J connectivity index is 1.12. The fourth-order valence-corrected chi connectivity index (χ4v) is 6.61. The second kappa shape index (κ2) is 13.2. The lowest BCUT2D eigenvalue weighted by Gasteiger charge is -2.30. The number of carbonyl (C=O) groups is 1. The molecule has 224 valence electrons. The van der Waals surface area contributed by atoms with E-state index in [0.29, 0.717) is 42.6 Å². The van der Waals surface area contributed by atoms with Crippen molar-refractivity contribution in [1.82, 2.24) is 10.2 Å². The molecule has 0 saturated carbocycles. The molecule has 0 aliphatic carbocycles. The number of ether oxygens (including phenoxy) is 2. The smallest absolute Gasteiger partial charge is 0.225 e. The van der Waals surface area contributed by atoms with E-state index in [9.17, 15) is 14.3 Å². The van der Waals surface area contributed by atoms with Crippen molar-refractivity contribution in [3.05, 3.63) is 71.0 Å². The molecule has 0 radical (unpaired) electrons. The molecule has 3 aromatic rings. The minimum Gasteiger partial charge on any atom is -0.489 e. The van der Waals surface area contributed by atoms with Gasteiger partial charge in [0.1, 0.15) is 23.8 Å². The average Bonchev–Trinajstić information content (AvgIpc) is 3.71. The molecule has 7 nitrogen and oxygen atoms in total. The first-order chi connectivity index (χ1) is 20.4. The van der Waals surface area contributed by atoms with E-state index in [-0.39, 0.29) is 23.7 Å². The molecular weight excluding hydrogens is 557 g/mol. The normalized spacial score (nSPS) is 21.5. The molecule has 42 heavy (non-hydrogen) atoms. The summed E-state index contributed by atoms with van der Waals surface area (Å²) in [5, 5.41) is 17.0. The number of benzene rings is 3. The van der Waals surface area contributed by atoms with Crippen molar-refractivity contribution in [2.45, 2.75) is 50.4 Å². The summed E-state index contributed by atoms with van der Waals surface area (Å²) in [4.78, 5) is 18.1. The number of amides is 1. The highest BCUT2D eigenvalue weighted by Crippen LogP contribution is 2.32. The molecule has 0 aromatic heterocycles. The van der Waals surface area contributed by atoms with Crippen LogP contribution in [0.3, 0.4) is 0 Å². The fraction of sp³-hybridized carbons (Fsp3) is 0.485. The van der Waals surface area contributed by atoms with Crippen molar-refractivity contribution in [3.63, 3.8) is 0 Å². The number of carbonyl (C=O) groups excluding carboxylic acids is 1. The van der Waals surface area contributed by atoms with Crippen LogP contribution in [-0.2, 0) is 9.53 Å². The predicted molar refractivity (Wildman–Crippen MR) is 163 cm³/mol. The van der Waals surface area contributed by atoms with Crippen LogP contribution in [0.5, 0.6) is 5.75 Å². The van der Waals surface area contributed by atoms with Crippen LogP contribution in [0, 0.1) is 11.7 Å². The monoisotopic (exact) mass is 595 g/mol. The zero-order valence-electron chi connectivity index (χ0n) is 23.8. The number of fused-ring (bicyclic) bond motifs is 1. The molecule has 3 saturated heterocycles. The molecule has 3 atom stereocenters. The zero-order valence-corrected chi connectivity index (χ0v) is 24.6. The summed E-state index contributed by atoms with van der Waals surface area (Å²) in [5.74, 6) is 0.111. The summed E-state index contributed by atoms with van der Waals surface area (Å²) in [6, 6.07) is 15.7. The van der Waals surface area contributed by atoms with E-state index < -0.39 is 12.1 Å². The van der Waals surface area contributed by atoms with E-state index in [4.69, 9.17) is 21.1 Å². The van der Waals surface area contributed by atoms with Gasteiger partial charge < -0.3 is 29.7 Å². The summed E-state index contributed by atoms with van der Waals surface area (Å²) in [5.41, 5.74) is 1.68. The zero-order chi connectivity index (χ0) is 29.1. The van der Waals surface area contributed by atoms with Crippen LogP contribution in [0.15, 0.2) is 54.6 Å². The number of hydrogen-bond donors (Lipinski definition) is 2. The Morgan fingerprint density at radius 2 is 1.79 bits per heavy atom. The van der Waals surface area contributed by atoms with Crippen molar-refractivity contribution in [2.24, 2.45) is 5.92 Å². The predicted octanol–water partition coefficient (Wildman–Crippen LogP) is 5.33. The van der Waals surface area contributed by atoms with E-state index >= 15 is 0 Å². The van der Waals surface area contributed by atoms with E-state index in [1.165, 1.54) is 12.1 Å². The number of hydrogen-bond acceptors (Lipinski definition) is 6. The number of rotatable bonds is 9. The van der Waals surface area contributed by atoms with Gasteiger partial charge in [-0.25, -0.2) is 4.39 Å². The number of halogens is 2. The molecular formula is C33H39ClFN3O4. The lowest BCUT2D eigenvalue weighted by Crippen LogP contribution is -2.48. The fourth-order valence-electron chi connectivity index (χ4n) is 6.38. The summed E-state index contributed by atoms with van der Waals surface area (Å²) in [6.45, 7) is 5.20. The molecule has 3 heterocycles. The number of anilines is 1. The number of likely N-dealkylation sites (tertiary alicyclic amines) is 1. The molecule has 0 unspecified atom stereocenters. The molecule has 3 aliphatic heterocycles. The highest BCUT2D eigenvalue weighted by molar-refractivity contribution is 6.32. The van der Waals surface area contributed by atoms with Gasteiger partial charge in [0.05, 0.1) is 30.2 Å². The first-order valence-corrected chi connectivity index (χ1v) is 15.5. The van der Waals surface area contributed by atoms with Gasteiger partial charge in [-0.15, -0.1) is 0 Å². The molecule has 6 rings (SSSR count). The van der Waals surface area contributed by atoms with E-state index in [0.717, 1.165) is 68.2 Å². The van der Waals surface area contributed by atoms with Crippen LogP contribution >= 0.6 is 11.6 Å². The van der Waals surface area contributed by atoms with Crippen LogP contribution in [-0.4, -0.2) is 74.0 Å². The minimum atomic E-state index is -0.914. The Bertz CT molecular complexity index is 1390. The van der Waals surface area contributed by atoms with E-state index in [1.807, 2.05) is 30.3 Å². The number of aliphatic hydroxyl groups is 1. The first kappa shape index (κ1) is 29.2. The third kappa shape index (κ3) is 6.83. The lowest BCUT2D eigenvalue weighted by atomic mass is 9.99. The molecule has 1 amide bonds. The van der Waals surface area contributed by atoms with E-state index in [2.05, 4.69) is 15.1 Å². The quantitative estimate of drug-likeness (QED) is 0.348. The van der Waals surface area contributed by atoms with E-state index in [1.54, 1.807) is 12.1 Å².